The molecule has 2 rings (SSSR count). The average Bonchev–Trinajstić information content (AvgIpc) is 2.97. The van der Waals surface area contributed by atoms with Crippen molar-refractivity contribution in [1.29, 1.82) is 0 Å². The van der Waals surface area contributed by atoms with Crippen molar-refractivity contribution in [3.05, 3.63) is 22.1 Å². The fourth-order valence-electron chi connectivity index (χ4n) is 2.67. The molecule has 0 bridgehead atoms. The van der Waals surface area contributed by atoms with Crippen molar-refractivity contribution < 1.29 is 47.0 Å². The van der Waals surface area contributed by atoms with Gasteiger partial charge in [-0.15, -0.1) is 0 Å². The Kier molecular flexibility index (Phi) is 9.64. The van der Waals surface area contributed by atoms with Crippen molar-refractivity contribution in [1.82, 2.24) is 3.80 Å². The third-order valence-corrected chi connectivity index (χ3v) is 14.8. The molecule has 0 aliphatic heterocycles. The van der Waals surface area contributed by atoms with Crippen LogP contribution in [0.4, 0.5) is 0 Å². The van der Waals surface area contributed by atoms with E-state index in [0.717, 1.165) is 19.3 Å². The molecule has 6 heteroatoms. The van der Waals surface area contributed by atoms with Crippen LogP contribution in [0.2, 0.25) is 13.1 Å². The first-order valence-corrected chi connectivity index (χ1v) is 13.9. The molecule has 0 aromatic rings. The minimum absolute atomic E-state index is 0. The van der Waals surface area contributed by atoms with Gasteiger partial charge in [0.15, 0.2) is 0 Å². The quantitative estimate of drug-likeness (QED) is 0.525. The topological polar surface area (TPSA) is 29.1 Å². The molecule has 19 heavy (non-hydrogen) atoms. The Labute approximate surface area is 136 Å². The SMILES string of the molecule is C[SiH](C)[Ti+2]([NH]C(=O)C1CCCC1)[C]1=CC=CC1.[Cl-].[Cl-]. The number of hydrogen-bond acceptors (Lipinski definition) is 1. The summed E-state index contributed by atoms with van der Waals surface area (Å²) in [5.41, 5.74) is 0. The summed E-state index contributed by atoms with van der Waals surface area (Å²) in [5.74, 6) is 0.715. The summed E-state index contributed by atoms with van der Waals surface area (Å²) >= 11 is -1.43. The van der Waals surface area contributed by atoms with Gasteiger partial charge in [-0.05, 0) is 0 Å². The van der Waals surface area contributed by atoms with Gasteiger partial charge in [0.25, 0.3) is 0 Å². The van der Waals surface area contributed by atoms with Crippen LogP contribution in [0, 0.1) is 5.92 Å². The summed E-state index contributed by atoms with van der Waals surface area (Å²) in [4.78, 5) is 12.2. The molecule has 0 unspecified atom stereocenters. The van der Waals surface area contributed by atoms with E-state index in [2.05, 4.69) is 35.1 Å². The van der Waals surface area contributed by atoms with E-state index in [-0.39, 0.29) is 24.8 Å². The van der Waals surface area contributed by atoms with Crippen LogP contribution in [-0.4, -0.2) is 12.6 Å². The second-order valence-corrected chi connectivity index (χ2v) is 18.1. The number of allylic oxidation sites excluding steroid dienone is 4. The summed E-state index contributed by atoms with van der Waals surface area (Å²) in [6, 6.07) is 0. The van der Waals surface area contributed by atoms with Gasteiger partial charge in [0.2, 0.25) is 0 Å². The Morgan fingerprint density at radius 1 is 1.32 bits per heavy atom. The summed E-state index contributed by atoms with van der Waals surface area (Å²) in [5, 5.41) is 0. The number of hydrogen-bond donors (Lipinski definition) is 1. The molecule has 1 fully saturated rings. The van der Waals surface area contributed by atoms with Crippen molar-refractivity contribution in [2.24, 2.45) is 5.92 Å². The van der Waals surface area contributed by atoms with Crippen LogP contribution in [0.3, 0.4) is 0 Å². The zero-order valence-electron chi connectivity index (χ0n) is 11.6. The van der Waals surface area contributed by atoms with Crippen LogP contribution in [0.1, 0.15) is 32.1 Å². The molecule has 1 saturated carbocycles. The van der Waals surface area contributed by atoms with Crippen molar-refractivity contribution in [3.63, 3.8) is 0 Å². The Balaban J connectivity index is 0.00000162. The molecule has 0 heterocycles. The van der Waals surface area contributed by atoms with Crippen LogP contribution in [-0.2, 0) is 22.2 Å². The molecule has 107 valence electrons. The van der Waals surface area contributed by atoms with Crippen LogP contribution in [0.5, 0.6) is 0 Å². The van der Waals surface area contributed by atoms with E-state index in [4.69, 9.17) is 0 Å². The maximum absolute atomic E-state index is 12.2. The van der Waals surface area contributed by atoms with E-state index in [9.17, 15) is 4.79 Å². The Morgan fingerprint density at radius 3 is 2.42 bits per heavy atom. The zero-order chi connectivity index (χ0) is 12.3. The van der Waals surface area contributed by atoms with Crippen molar-refractivity contribution in [2.75, 3.05) is 0 Å². The van der Waals surface area contributed by atoms with E-state index < -0.39 is 24.0 Å². The van der Waals surface area contributed by atoms with Crippen LogP contribution >= 0.6 is 0 Å². The van der Waals surface area contributed by atoms with Crippen molar-refractivity contribution in [3.8, 4) is 0 Å². The first-order valence-electron chi connectivity index (χ1n) is 6.72. The maximum Gasteiger partial charge on any atom is -1.00 e. The number of carbonyl (C=O) groups is 1. The van der Waals surface area contributed by atoms with Crippen LogP contribution in [0.25, 0.3) is 0 Å². The Morgan fingerprint density at radius 2 is 1.95 bits per heavy atom. The van der Waals surface area contributed by atoms with Crippen LogP contribution < -0.4 is 28.6 Å². The predicted octanol–water partition coefficient (Wildman–Crippen LogP) is -3.34. The normalized spacial score (nSPS) is 17.7. The molecule has 0 aromatic carbocycles. The van der Waals surface area contributed by atoms with Crippen molar-refractivity contribution >= 4 is 12.6 Å². The third-order valence-electron chi connectivity index (χ3n) is 3.68. The first-order chi connectivity index (χ1) is 8.18. The van der Waals surface area contributed by atoms with Gasteiger partial charge in [0, 0.05) is 0 Å². The van der Waals surface area contributed by atoms with Gasteiger partial charge in [-0.25, -0.2) is 0 Å². The predicted molar refractivity (Wildman–Crippen MR) is 70.8 cm³/mol. The summed E-state index contributed by atoms with van der Waals surface area (Å²) < 4.78 is 5.06. The molecule has 2 aliphatic rings. The number of halogens is 2. The second-order valence-electron chi connectivity index (χ2n) is 5.36. The monoisotopic (exact) mass is 354 g/mol. The fourth-order valence-corrected chi connectivity index (χ4v) is 11.9. The summed E-state index contributed by atoms with van der Waals surface area (Å²) in [6.07, 6.45) is 12.5. The fraction of sp³-hybridized carbons (Fsp3) is 0.615. The molecule has 2 aliphatic carbocycles. The number of rotatable bonds is 4. The van der Waals surface area contributed by atoms with Gasteiger partial charge in [-0.2, -0.15) is 0 Å². The van der Waals surface area contributed by atoms with Gasteiger partial charge >= 0.3 is 112 Å². The summed E-state index contributed by atoms with van der Waals surface area (Å²) in [6.45, 7) is 4.07. The van der Waals surface area contributed by atoms with Gasteiger partial charge in [-0.1, -0.05) is 0 Å². The number of nitrogens with one attached hydrogen (secondary N) is 1. The molecule has 0 atom stereocenters. The number of carbonyl (C=O) groups excluding carboxylic acids is 1. The molecule has 0 radical (unpaired) electrons. The van der Waals surface area contributed by atoms with E-state index in [1.807, 2.05) is 0 Å². The molecule has 2 nitrogen and oxygen atoms in total. The molecule has 1 N–H and O–H groups in total. The van der Waals surface area contributed by atoms with E-state index in [0.29, 0.717) is 11.8 Å². The molecular weight excluding hydrogens is 333 g/mol. The van der Waals surface area contributed by atoms with E-state index in [1.165, 1.54) is 12.8 Å². The maximum atomic E-state index is 12.2. The minimum atomic E-state index is -1.43. The van der Waals surface area contributed by atoms with Gasteiger partial charge < -0.3 is 24.8 Å². The van der Waals surface area contributed by atoms with E-state index in [1.54, 1.807) is 3.88 Å². The van der Waals surface area contributed by atoms with Crippen LogP contribution in [0.15, 0.2) is 22.1 Å². The largest absolute Gasteiger partial charge is 1.00 e. The van der Waals surface area contributed by atoms with E-state index >= 15 is 0 Å². The van der Waals surface area contributed by atoms with Gasteiger partial charge in [0.05, 0.1) is 0 Å². The van der Waals surface area contributed by atoms with Gasteiger partial charge in [0.1, 0.15) is 0 Å². The first kappa shape index (κ1) is 19.5. The molecule has 0 spiro atoms. The average molecular weight is 355 g/mol. The number of amides is 1. The Bertz CT molecular complexity index is 355. The molecule has 0 aromatic heterocycles. The molecule has 1 amide bonds. The molecule has 0 saturated heterocycles. The standard InChI is InChI=1S/C6H11NO.C5H5.C2H7Si.2ClH.Ti/c7-6(8)5-3-1-2-4-5;1-2-4-5-3-1;1-3-2;;;/h5H,1-4H2,(H2,7,8);1-3H,4H2;3H,1-2H3;2*1H;/q;;;;;+3/p-3. The summed E-state index contributed by atoms with van der Waals surface area (Å²) in [7, 11) is 0. The minimum Gasteiger partial charge on any atom is -1.00 e. The zero-order valence-corrected chi connectivity index (χ0v) is 15.8. The smallest absolute Gasteiger partial charge is 1.00 e. The second kappa shape index (κ2) is 9.41. The molecular formula is C13H22Cl2NOSiTi. The van der Waals surface area contributed by atoms with Crippen molar-refractivity contribution in [2.45, 2.75) is 45.2 Å². The third kappa shape index (κ3) is 5.39. The van der Waals surface area contributed by atoms with Gasteiger partial charge in [-0.3, -0.25) is 0 Å². The Hall–Kier alpha value is 0.461.